The van der Waals surface area contributed by atoms with Crippen LogP contribution in [0.3, 0.4) is 0 Å². The fourth-order valence-corrected chi connectivity index (χ4v) is 4.03. The predicted molar refractivity (Wildman–Crippen MR) is 97.2 cm³/mol. The van der Waals surface area contributed by atoms with Crippen LogP contribution in [0.1, 0.15) is 47.7 Å². The van der Waals surface area contributed by atoms with E-state index < -0.39 is 5.60 Å². The lowest BCUT2D eigenvalue weighted by molar-refractivity contribution is 0.0575. The van der Waals surface area contributed by atoms with Crippen LogP contribution >= 0.6 is 0 Å². The van der Waals surface area contributed by atoms with E-state index >= 15 is 0 Å². The van der Waals surface area contributed by atoms with Crippen LogP contribution in [-0.2, 0) is 24.9 Å². The molecule has 2 aromatic heterocycles. The first-order chi connectivity index (χ1) is 11.5. The molecule has 124 valence electrons. The van der Waals surface area contributed by atoms with Crippen molar-refractivity contribution in [2.24, 2.45) is 0 Å². The number of aromatic amines is 1. The van der Waals surface area contributed by atoms with Crippen molar-refractivity contribution in [2.75, 3.05) is 0 Å². The zero-order valence-corrected chi connectivity index (χ0v) is 14.4. The standard InChI is InChI=1S/C21H24N2O/c1-14-10-15(12-21(2,24)16-6-5-9-22-13-16)20-18(11-14)17-7-3-4-8-19(17)23-20/h5-6,9-11,13,23-24H,3-4,7-8,12H2,1-2H3. The van der Waals surface area contributed by atoms with Gasteiger partial charge in [0.15, 0.2) is 0 Å². The summed E-state index contributed by atoms with van der Waals surface area (Å²) in [6.45, 7) is 4.02. The van der Waals surface area contributed by atoms with Crippen molar-refractivity contribution in [3.05, 3.63) is 64.6 Å². The molecular weight excluding hydrogens is 296 g/mol. The molecule has 2 heterocycles. The Labute approximate surface area is 142 Å². The summed E-state index contributed by atoms with van der Waals surface area (Å²) in [4.78, 5) is 7.82. The molecule has 0 spiro atoms. The van der Waals surface area contributed by atoms with Gasteiger partial charge in [-0.25, -0.2) is 0 Å². The van der Waals surface area contributed by atoms with Gasteiger partial charge in [0.25, 0.3) is 0 Å². The maximum atomic E-state index is 11.0. The molecule has 0 saturated carbocycles. The predicted octanol–water partition coefficient (Wildman–Crippen LogP) is 4.20. The molecule has 1 unspecified atom stereocenters. The van der Waals surface area contributed by atoms with Crippen LogP contribution in [0.5, 0.6) is 0 Å². The number of benzene rings is 1. The summed E-state index contributed by atoms with van der Waals surface area (Å²) < 4.78 is 0. The first-order valence-electron chi connectivity index (χ1n) is 8.80. The van der Waals surface area contributed by atoms with Gasteiger partial charge in [-0.3, -0.25) is 4.98 Å². The van der Waals surface area contributed by atoms with E-state index in [9.17, 15) is 5.11 Å². The van der Waals surface area contributed by atoms with Gasteiger partial charge in [-0.2, -0.15) is 0 Å². The van der Waals surface area contributed by atoms with Crippen molar-refractivity contribution in [3.63, 3.8) is 0 Å². The number of rotatable bonds is 3. The van der Waals surface area contributed by atoms with Crippen LogP contribution in [0.2, 0.25) is 0 Å². The molecule has 0 radical (unpaired) electrons. The minimum atomic E-state index is -0.930. The summed E-state index contributed by atoms with van der Waals surface area (Å²) in [6, 6.07) is 8.32. The summed E-state index contributed by atoms with van der Waals surface area (Å²) in [7, 11) is 0. The minimum Gasteiger partial charge on any atom is -0.385 e. The molecule has 1 aromatic carbocycles. The Morgan fingerprint density at radius 2 is 2.08 bits per heavy atom. The van der Waals surface area contributed by atoms with E-state index in [2.05, 4.69) is 29.0 Å². The Kier molecular flexibility index (Phi) is 3.69. The summed E-state index contributed by atoms with van der Waals surface area (Å²) >= 11 is 0. The van der Waals surface area contributed by atoms with Gasteiger partial charge in [-0.15, -0.1) is 0 Å². The van der Waals surface area contributed by atoms with Gasteiger partial charge < -0.3 is 10.1 Å². The lowest BCUT2D eigenvalue weighted by atomic mass is 9.88. The molecule has 0 aliphatic heterocycles. The van der Waals surface area contributed by atoms with Crippen molar-refractivity contribution in [3.8, 4) is 0 Å². The van der Waals surface area contributed by atoms with Crippen LogP contribution < -0.4 is 0 Å². The van der Waals surface area contributed by atoms with Crippen LogP contribution in [0.25, 0.3) is 10.9 Å². The highest BCUT2D eigenvalue weighted by atomic mass is 16.3. The van der Waals surface area contributed by atoms with E-state index in [-0.39, 0.29) is 0 Å². The van der Waals surface area contributed by atoms with Crippen molar-refractivity contribution in [1.29, 1.82) is 0 Å². The zero-order valence-electron chi connectivity index (χ0n) is 14.4. The van der Waals surface area contributed by atoms with Gasteiger partial charge in [-0.05, 0) is 62.8 Å². The van der Waals surface area contributed by atoms with Gasteiger partial charge >= 0.3 is 0 Å². The van der Waals surface area contributed by atoms with E-state index in [0.29, 0.717) is 6.42 Å². The first-order valence-corrected chi connectivity index (χ1v) is 8.80. The maximum absolute atomic E-state index is 11.0. The third-order valence-corrected chi connectivity index (χ3v) is 5.25. The van der Waals surface area contributed by atoms with Crippen LogP contribution in [0, 0.1) is 6.92 Å². The van der Waals surface area contributed by atoms with Gasteiger partial charge in [0.2, 0.25) is 0 Å². The molecule has 2 N–H and O–H groups in total. The molecule has 1 aliphatic carbocycles. The molecule has 24 heavy (non-hydrogen) atoms. The number of aromatic nitrogens is 2. The van der Waals surface area contributed by atoms with E-state index in [1.165, 1.54) is 46.1 Å². The average molecular weight is 320 g/mol. The second-order valence-electron chi connectivity index (χ2n) is 7.33. The number of aryl methyl sites for hydroxylation is 3. The number of hydrogen-bond donors (Lipinski definition) is 2. The molecule has 1 aliphatic rings. The van der Waals surface area contributed by atoms with Crippen molar-refractivity contribution < 1.29 is 5.11 Å². The summed E-state index contributed by atoms with van der Waals surface area (Å²) in [6.07, 6.45) is 8.92. The number of aliphatic hydroxyl groups is 1. The highest BCUT2D eigenvalue weighted by Gasteiger charge is 2.26. The zero-order chi connectivity index (χ0) is 16.7. The van der Waals surface area contributed by atoms with E-state index in [1.54, 1.807) is 12.4 Å². The molecule has 0 bridgehead atoms. The fourth-order valence-electron chi connectivity index (χ4n) is 4.03. The molecule has 0 amide bonds. The van der Waals surface area contributed by atoms with Crippen molar-refractivity contribution in [1.82, 2.24) is 9.97 Å². The van der Waals surface area contributed by atoms with Crippen LogP contribution in [0.4, 0.5) is 0 Å². The highest BCUT2D eigenvalue weighted by molar-refractivity contribution is 5.88. The van der Waals surface area contributed by atoms with Gasteiger partial charge in [0, 0.05) is 41.0 Å². The minimum absolute atomic E-state index is 0.580. The Hall–Kier alpha value is -2.13. The third-order valence-electron chi connectivity index (χ3n) is 5.25. The number of fused-ring (bicyclic) bond motifs is 3. The number of H-pyrrole nitrogens is 1. The normalized spacial score (nSPS) is 16.8. The van der Waals surface area contributed by atoms with Crippen LogP contribution in [0.15, 0.2) is 36.7 Å². The van der Waals surface area contributed by atoms with Gasteiger partial charge in [-0.1, -0.05) is 17.7 Å². The lowest BCUT2D eigenvalue weighted by Gasteiger charge is -2.24. The Bertz CT molecular complexity index is 878. The third kappa shape index (κ3) is 2.63. The molecule has 1 atom stereocenters. The second kappa shape index (κ2) is 5.75. The van der Waals surface area contributed by atoms with Crippen LogP contribution in [-0.4, -0.2) is 15.1 Å². The number of nitrogens with one attached hydrogen (secondary N) is 1. The van der Waals surface area contributed by atoms with E-state index in [1.807, 2.05) is 19.1 Å². The Morgan fingerprint density at radius 3 is 2.88 bits per heavy atom. The molecule has 3 aromatic rings. The number of nitrogens with zero attached hydrogens (tertiary/aromatic N) is 1. The molecule has 0 saturated heterocycles. The Balaban J connectivity index is 1.80. The topological polar surface area (TPSA) is 48.9 Å². The maximum Gasteiger partial charge on any atom is 0.0924 e. The quantitative estimate of drug-likeness (QED) is 0.760. The molecule has 0 fully saturated rings. The molecule has 3 nitrogen and oxygen atoms in total. The molecule has 3 heteroatoms. The average Bonchev–Trinajstić information content (AvgIpc) is 2.94. The smallest absolute Gasteiger partial charge is 0.0924 e. The largest absolute Gasteiger partial charge is 0.385 e. The lowest BCUT2D eigenvalue weighted by Crippen LogP contribution is -2.24. The summed E-state index contributed by atoms with van der Waals surface area (Å²) in [5.41, 5.74) is 6.46. The summed E-state index contributed by atoms with van der Waals surface area (Å²) in [5.74, 6) is 0. The summed E-state index contributed by atoms with van der Waals surface area (Å²) in [5, 5.41) is 12.4. The number of hydrogen-bond acceptors (Lipinski definition) is 2. The Morgan fingerprint density at radius 1 is 1.25 bits per heavy atom. The second-order valence-corrected chi connectivity index (χ2v) is 7.33. The van der Waals surface area contributed by atoms with Crippen molar-refractivity contribution >= 4 is 10.9 Å². The van der Waals surface area contributed by atoms with E-state index in [0.717, 1.165) is 18.4 Å². The fraction of sp³-hybridized carbons (Fsp3) is 0.381. The molecular formula is C21H24N2O. The van der Waals surface area contributed by atoms with Crippen molar-refractivity contribution in [2.45, 2.75) is 51.6 Å². The monoisotopic (exact) mass is 320 g/mol. The number of pyridine rings is 1. The van der Waals surface area contributed by atoms with E-state index in [4.69, 9.17) is 0 Å². The SMILES string of the molecule is Cc1cc(CC(C)(O)c2cccnc2)c2[nH]c3c(c2c1)CCCC3. The highest BCUT2D eigenvalue weighted by Crippen LogP contribution is 2.34. The van der Waals surface area contributed by atoms with Gasteiger partial charge in [0.1, 0.15) is 0 Å². The van der Waals surface area contributed by atoms with Gasteiger partial charge in [0.05, 0.1) is 5.60 Å². The first kappa shape index (κ1) is 15.4. The molecule has 4 rings (SSSR count).